The third-order valence-corrected chi connectivity index (χ3v) is 3.72. The molecule has 2 rings (SSSR count). The summed E-state index contributed by atoms with van der Waals surface area (Å²) in [6.07, 6.45) is 0. The Bertz CT molecular complexity index is 528. The molecule has 0 spiro atoms. The van der Waals surface area contributed by atoms with Gasteiger partial charge in [-0.1, -0.05) is 35.9 Å². The summed E-state index contributed by atoms with van der Waals surface area (Å²) >= 11 is 7.31. The van der Waals surface area contributed by atoms with Gasteiger partial charge in [-0.25, -0.2) is 0 Å². The van der Waals surface area contributed by atoms with Gasteiger partial charge >= 0.3 is 0 Å². The van der Waals surface area contributed by atoms with E-state index in [1.807, 2.05) is 48.5 Å². The van der Waals surface area contributed by atoms with E-state index < -0.39 is 0 Å². The van der Waals surface area contributed by atoms with E-state index in [1.165, 1.54) is 11.8 Å². The van der Waals surface area contributed by atoms with Crippen LogP contribution in [0.15, 0.2) is 53.4 Å². The molecule has 0 unspecified atom stereocenters. The van der Waals surface area contributed by atoms with Crippen LogP contribution in [0.5, 0.6) is 0 Å². The summed E-state index contributed by atoms with van der Waals surface area (Å²) < 4.78 is 0. The normalized spacial score (nSPS) is 10.2. The van der Waals surface area contributed by atoms with Gasteiger partial charge in [0.25, 0.3) is 0 Å². The van der Waals surface area contributed by atoms with Gasteiger partial charge in [0.15, 0.2) is 0 Å². The van der Waals surface area contributed by atoms with Crippen LogP contribution in [-0.4, -0.2) is 11.7 Å². The summed E-state index contributed by atoms with van der Waals surface area (Å²) in [5, 5.41) is 3.58. The number of nitrogens with one attached hydrogen (secondary N) is 1. The number of carbonyl (C=O) groups is 1. The first kappa shape index (κ1) is 14.0. The fourth-order valence-electron chi connectivity index (χ4n) is 1.47. The van der Waals surface area contributed by atoms with Gasteiger partial charge in [0.2, 0.25) is 5.91 Å². The Morgan fingerprint density at radius 2 is 1.84 bits per heavy atom. The van der Waals surface area contributed by atoms with Crippen LogP contribution in [0.3, 0.4) is 0 Å². The molecule has 97 valence electrons. The molecule has 0 saturated heterocycles. The van der Waals surface area contributed by atoms with Gasteiger partial charge in [-0.3, -0.25) is 4.79 Å². The van der Waals surface area contributed by atoms with E-state index in [4.69, 9.17) is 11.6 Å². The van der Waals surface area contributed by atoms with Crippen LogP contribution in [0.4, 0.5) is 0 Å². The van der Waals surface area contributed by atoms with Crippen molar-refractivity contribution < 1.29 is 4.79 Å². The molecule has 19 heavy (non-hydrogen) atoms. The fourth-order valence-corrected chi connectivity index (χ4v) is 2.32. The van der Waals surface area contributed by atoms with Crippen LogP contribution in [0.1, 0.15) is 5.56 Å². The van der Waals surface area contributed by atoms with Gasteiger partial charge < -0.3 is 5.32 Å². The SMILES string of the molecule is O=C(CSc1cc[c]cc1)NCc1ccc(Cl)cc1. The van der Waals surface area contributed by atoms with Crippen molar-refractivity contribution in [3.8, 4) is 0 Å². The lowest BCUT2D eigenvalue weighted by Gasteiger charge is -2.05. The largest absolute Gasteiger partial charge is 0.351 e. The maximum absolute atomic E-state index is 11.7. The molecule has 2 aromatic carbocycles. The minimum absolute atomic E-state index is 0.0211. The topological polar surface area (TPSA) is 29.1 Å². The van der Waals surface area contributed by atoms with Crippen molar-refractivity contribution >= 4 is 29.3 Å². The second kappa shape index (κ2) is 7.22. The molecule has 0 aliphatic carbocycles. The first-order valence-corrected chi connectivity index (χ1v) is 7.20. The lowest BCUT2D eigenvalue weighted by atomic mass is 10.2. The molecule has 0 aliphatic heterocycles. The van der Waals surface area contributed by atoms with Crippen molar-refractivity contribution in [1.29, 1.82) is 0 Å². The molecule has 4 heteroatoms. The predicted octanol–water partition coefficient (Wildman–Crippen LogP) is 3.55. The Balaban J connectivity index is 1.74. The Labute approximate surface area is 122 Å². The zero-order chi connectivity index (χ0) is 13.5. The molecule has 0 fully saturated rings. The number of benzene rings is 2. The van der Waals surface area contributed by atoms with Crippen LogP contribution in [0.25, 0.3) is 0 Å². The van der Waals surface area contributed by atoms with Crippen molar-refractivity contribution in [1.82, 2.24) is 5.32 Å². The number of thioether (sulfide) groups is 1. The summed E-state index contributed by atoms with van der Waals surface area (Å²) in [4.78, 5) is 12.8. The monoisotopic (exact) mass is 290 g/mol. The molecule has 1 radical (unpaired) electrons. The summed E-state index contributed by atoms with van der Waals surface area (Å²) in [5.41, 5.74) is 1.04. The third kappa shape index (κ3) is 4.97. The molecule has 0 saturated carbocycles. The van der Waals surface area contributed by atoms with E-state index >= 15 is 0 Å². The van der Waals surface area contributed by atoms with Crippen molar-refractivity contribution in [2.24, 2.45) is 0 Å². The summed E-state index contributed by atoms with van der Waals surface area (Å²) in [6, 6.07) is 18.0. The standard InChI is InChI=1S/C15H13ClNOS/c16-13-8-6-12(7-9-13)10-17-15(18)11-19-14-4-2-1-3-5-14/h2-9H,10-11H2,(H,17,18). The second-order valence-corrected chi connectivity index (χ2v) is 5.41. The highest BCUT2D eigenvalue weighted by atomic mass is 35.5. The van der Waals surface area contributed by atoms with Crippen molar-refractivity contribution in [3.05, 3.63) is 65.2 Å². The number of carbonyl (C=O) groups excluding carboxylic acids is 1. The fraction of sp³-hybridized carbons (Fsp3) is 0.133. The van der Waals surface area contributed by atoms with Gasteiger partial charge in [0, 0.05) is 16.5 Å². The number of hydrogen-bond acceptors (Lipinski definition) is 2. The summed E-state index contributed by atoms with van der Waals surface area (Å²) in [7, 11) is 0. The van der Waals surface area contributed by atoms with Gasteiger partial charge in [0.05, 0.1) is 5.75 Å². The Kier molecular flexibility index (Phi) is 5.31. The Hall–Kier alpha value is -1.45. The average Bonchev–Trinajstić information content (AvgIpc) is 2.45. The smallest absolute Gasteiger partial charge is 0.230 e. The molecule has 0 bridgehead atoms. The minimum atomic E-state index is 0.0211. The molecule has 0 aliphatic rings. The van der Waals surface area contributed by atoms with Crippen LogP contribution in [0, 0.1) is 6.07 Å². The molecular weight excluding hydrogens is 278 g/mol. The van der Waals surface area contributed by atoms with E-state index in [0.29, 0.717) is 17.3 Å². The first-order chi connectivity index (χ1) is 9.24. The first-order valence-electron chi connectivity index (χ1n) is 5.84. The lowest BCUT2D eigenvalue weighted by molar-refractivity contribution is -0.118. The Morgan fingerprint density at radius 3 is 2.53 bits per heavy atom. The highest BCUT2D eigenvalue weighted by molar-refractivity contribution is 8.00. The molecular formula is C15H13ClNOS. The van der Waals surface area contributed by atoms with E-state index in [0.717, 1.165) is 10.5 Å². The van der Waals surface area contributed by atoms with Crippen molar-refractivity contribution in [2.45, 2.75) is 11.4 Å². The summed E-state index contributed by atoms with van der Waals surface area (Å²) in [5.74, 6) is 0.435. The van der Waals surface area contributed by atoms with E-state index in [2.05, 4.69) is 11.4 Å². The number of amides is 1. The van der Waals surface area contributed by atoms with E-state index in [9.17, 15) is 4.79 Å². The van der Waals surface area contributed by atoms with Gasteiger partial charge in [-0.15, -0.1) is 11.8 Å². The predicted molar refractivity (Wildman–Crippen MR) is 79.3 cm³/mol. The zero-order valence-electron chi connectivity index (χ0n) is 10.2. The lowest BCUT2D eigenvalue weighted by Crippen LogP contribution is -2.24. The van der Waals surface area contributed by atoms with Gasteiger partial charge in [0.1, 0.15) is 0 Å². The number of halogens is 1. The molecule has 0 atom stereocenters. The summed E-state index contributed by atoms with van der Waals surface area (Å²) in [6.45, 7) is 0.527. The number of rotatable bonds is 5. The molecule has 1 N–H and O–H groups in total. The van der Waals surface area contributed by atoms with Crippen LogP contribution in [0.2, 0.25) is 5.02 Å². The van der Waals surface area contributed by atoms with E-state index in [-0.39, 0.29) is 5.91 Å². The highest BCUT2D eigenvalue weighted by Gasteiger charge is 2.02. The van der Waals surface area contributed by atoms with Gasteiger partial charge in [-0.2, -0.15) is 0 Å². The molecule has 2 nitrogen and oxygen atoms in total. The quantitative estimate of drug-likeness (QED) is 0.853. The van der Waals surface area contributed by atoms with E-state index in [1.54, 1.807) is 0 Å². The van der Waals surface area contributed by atoms with Crippen molar-refractivity contribution in [2.75, 3.05) is 5.75 Å². The van der Waals surface area contributed by atoms with Crippen LogP contribution in [-0.2, 0) is 11.3 Å². The minimum Gasteiger partial charge on any atom is -0.351 e. The average molecular weight is 291 g/mol. The molecule has 0 heterocycles. The molecule has 2 aromatic rings. The zero-order valence-corrected chi connectivity index (χ0v) is 11.8. The maximum Gasteiger partial charge on any atom is 0.230 e. The maximum atomic E-state index is 11.7. The number of hydrogen-bond donors (Lipinski definition) is 1. The van der Waals surface area contributed by atoms with Crippen LogP contribution < -0.4 is 5.32 Å². The Morgan fingerprint density at radius 1 is 1.16 bits per heavy atom. The van der Waals surface area contributed by atoms with Crippen molar-refractivity contribution in [3.63, 3.8) is 0 Å². The third-order valence-electron chi connectivity index (χ3n) is 2.46. The second-order valence-electron chi connectivity index (χ2n) is 3.93. The molecule has 1 amide bonds. The van der Waals surface area contributed by atoms with Crippen LogP contribution >= 0.6 is 23.4 Å². The van der Waals surface area contributed by atoms with Gasteiger partial charge in [-0.05, 0) is 35.9 Å². The molecule has 0 aromatic heterocycles. The highest BCUT2D eigenvalue weighted by Crippen LogP contribution is 2.16.